The third kappa shape index (κ3) is 2.45. The molecule has 2 heterocycles. The van der Waals surface area contributed by atoms with Crippen LogP contribution in [0.15, 0.2) is 24.4 Å². The molecule has 5 nitrogen and oxygen atoms in total. The highest BCUT2D eigenvalue weighted by atomic mass is 16.5. The third-order valence-electron chi connectivity index (χ3n) is 4.59. The van der Waals surface area contributed by atoms with E-state index in [1.165, 1.54) is 22.5 Å². The fourth-order valence-electron chi connectivity index (χ4n) is 3.55. The lowest BCUT2D eigenvalue weighted by molar-refractivity contribution is 0.267. The summed E-state index contributed by atoms with van der Waals surface area (Å²) in [6.45, 7) is 8.87. The van der Waals surface area contributed by atoms with Crippen LogP contribution in [0.2, 0.25) is 0 Å². The minimum atomic E-state index is -0.0390. The van der Waals surface area contributed by atoms with E-state index in [1.54, 1.807) is 0 Å². The van der Waals surface area contributed by atoms with Crippen LogP contribution in [0.1, 0.15) is 36.4 Å². The summed E-state index contributed by atoms with van der Waals surface area (Å²) in [5, 5.41) is 11.7. The molecule has 2 N–H and O–H groups in total. The molecule has 0 saturated heterocycles. The SMILES string of the molecule is CCOc1ccc(-n2c(C)c3c(c2C)N(C)NC=C3C)cc1CO. The number of nitrogens with zero attached hydrogens (tertiary/aromatic N) is 2. The standard InChI is InChI=1S/C19H25N3O2/c1-6-24-17-8-7-16(9-15(17)11-23)22-13(3)18-12(2)10-20-21(5)19(18)14(22)4/h7-10,20,23H,6,11H2,1-5H3. The topological polar surface area (TPSA) is 49.7 Å². The van der Waals surface area contributed by atoms with E-state index in [4.69, 9.17) is 4.74 Å². The van der Waals surface area contributed by atoms with Gasteiger partial charge in [-0.25, -0.2) is 0 Å². The van der Waals surface area contributed by atoms with Gasteiger partial charge < -0.3 is 19.8 Å². The molecular formula is C19H25N3O2. The Morgan fingerprint density at radius 1 is 1.17 bits per heavy atom. The van der Waals surface area contributed by atoms with Gasteiger partial charge in [0, 0.05) is 41.4 Å². The van der Waals surface area contributed by atoms with Crippen molar-refractivity contribution in [2.24, 2.45) is 0 Å². The summed E-state index contributed by atoms with van der Waals surface area (Å²) < 4.78 is 7.83. The molecule has 1 aromatic carbocycles. The van der Waals surface area contributed by atoms with Crippen molar-refractivity contribution in [2.45, 2.75) is 34.3 Å². The van der Waals surface area contributed by atoms with E-state index < -0.39 is 0 Å². The highest BCUT2D eigenvalue weighted by molar-refractivity contribution is 5.82. The molecule has 1 aromatic heterocycles. The molecular weight excluding hydrogens is 302 g/mol. The van der Waals surface area contributed by atoms with Gasteiger partial charge in [0.2, 0.25) is 0 Å². The molecule has 0 unspecified atom stereocenters. The molecule has 0 radical (unpaired) electrons. The number of aromatic nitrogens is 1. The third-order valence-corrected chi connectivity index (χ3v) is 4.59. The lowest BCUT2D eigenvalue weighted by Gasteiger charge is -2.25. The van der Waals surface area contributed by atoms with Gasteiger partial charge >= 0.3 is 0 Å². The van der Waals surface area contributed by atoms with Gasteiger partial charge in [-0.3, -0.25) is 5.01 Å². The number of ether oxygens (including phenoxy) is 1. The van der Waals surface area contributed by atoms with Crippen LogP contribution in [0.5, 0.6) is 5.75 Å². The van der Waals surface area contributed by atoms with Gasteiger partial charge in [0.15, 0.2) is 0 Å². The molecule has 0 amide bonds. The monoisotopic (exact) mass is 327 g/mol. The molecule has 24 heavy (non-hydrogen) atoms. The molecule has 0 saturated carbocycles. The van der Waals surface area contributed by atoms with Crippen LogP contribution in [0, 0.1) is 13.8 Å². The van der Waals surface area contributed by atoms with Gasteiger partial charge in [0.1, 0.15) is 5.75 Å². The van der Waals surface area contributed by atoms with E-state index in [-0.39, 0.29) is 6.61 Å². The molecule has 3 rings (SSSR count). The summed E-state index contributed by atoms with van der Waals surface area (Å²) in [6.07, 6.45) is 2.02. The number of nitrogens with one attached hydrogen (secondary N) is 1. The van der Waals surface area contributed by atoms with Crippen LogP contribution in [-0.4, -0.2) is 23.3 Å². The minimum absolute atomic E-state index is 0.0390. The van der Waals surface area contributed by atoms with Crippen LogP contribution in [-0.2, 0) is 6.61 Å². The number of hydrogen-bond acceptors (Lipinski definition) is 4. The molecule has 5 heteroatoms. The van der Waals surface area contributed by atoms with Crippen LogP contribution in [0.3, 0.4) is 0 Å². The molecule has 1 aliphatic rings. The fourth-order valence-corrected chi connectivity index (χ4v) is 3.55. The number of aliphatic hydroxyl groups is 1. The largest absolute Gasteiger partial charge is 0.494 e. The van der Waals surface area contributed by atoms with Crippen molar-refractivity contribution in [1.82, 2.24) is 9.99 Å². The zero-order valence-electron chi connectivity index (χ0n) is 15.0. The summed E-state index contributed by atoms with van der Waals surface area (Å²) in [6, 6.07) is 5.98. The van der Waals surface area contributed by atoms with E-state index in [0.29, 0.717) is 6.61 Å². The summed E-state index contributed by atoms with van der Waals surface area (Å²) in [7, 11) is 2.02. The zero-order chi connectivity index (χ0) is 17.4. The summed E-state index contributed by atoms with van der Waals surface area (Å²) in [5.41, 5.74) is 11.1. The first-order valence-electron chi connectivity index (χ1n) is 8.25. The number of benzene rings is 1. The van der Waals surface area contributed by atoms with Gasteiger partial charge in [-0.15, -0.1) is 0 Å². The quantitative estimate of drug-likeness (QED) is 0.905. The second-order valence-electron chi connectivity index (χ2n) is 6.13. The predicted molar refractivity (Wildman–Crippen MR) is 97.5 cm³/mol. The molecule has 0 aliphatic carbocycles. The lowest BCUT2D eigenvalue weighted by Crippen LogP contribution is -2.33. The number of rotatable bonds is 4. The Hall–Kier alpha value is -2.40. The summed E-state index contributed by atoms with van der Waals surface area (Å²) >= 11 is 0. The summed E-state index contributed by atoms with van der Waals surface area (Å²) in [4.78, 5) is 0. The first-order chi connectivity index (χ1) is 11.5. The molecule has 2 aromatic rings. The smallest absolute Gasteiger partial charge is 0.124 e. The van der Waals surface area contributed by atoms with Crippen molar-refractivity contribution in [1.29, 1.82) is 0 Å². The van der Waals surface area contributed by atoms with E-state index >= 15 is 0 Å². The van der Waals surface area contributed by atoms with Crippen molar-refractivity contribution >= 4 is 11.3 Å². The molecule has 0 atom stereocenters. The van der Waals surface area contributed by atoms with Crippen molar-refractivity contribution in [3.8, 4) is 11.4 Å². The molecule has 0 bridgehead atoms. The molecule has 0 fully saturated rings. The van der Waals surface area contributed by atoms with Crippen LogP contribution < -0.4 is 15.2 Å². The van der Waals surface area contributed by atoms with Crippen molar-refractivity contribution in [3.63, 3.8) is 0 Å². The van der Waals surface area contributed by atoms with Gasteiger partial charge in [-0.1, -0.05) is 0 Å². The number of aliphatic hydroxyl groups excluding tert-OH is 1. The summed E-state index contributed by atoms with van der Waals surface area (Å²) in [5.74, 6) is 0.742. The lowest BCUT2D eigenvalue weighted by atomic mass is 10.1. The number of anilines is 1. The van der Waals surface area contributed by atoms with Gasteiger partial charge in [0.25, 0.3) is 0 Å². The van der Waals surface area contributed by atoms with E-state index in [2.05, 4.69) is 30.8 Å². The second-order valence-corrected chi connectivity index (χ2v) is 6.13. The van der Waals surface area contributed by atoms with Gasteiger partial charge in [-0.05, 0) is 51.5 Å². The number of hydrogen-bond donors (Lipinski definition) is 2. The van der Waals surface area contributed by atoms with Crippen molar-refractivity contribution in [2.75, 3.05) is 18.7 Å². The molecule has 128 valence electrons. The van der Waals surface area contributed by atoms with Gasteiger partial charge in [0.05, 0.1) is 18.9 Å². The Bertz CT molecular complexity index is 805. The van der Waals surface area contributed by atoms with E-state index in [9.17, 15) is 5.11 Å². The van der Waals surface area contributed by atoms with Crippen molar-refractivity contribution in [3.05, 3.63) is 46.9 Å². The Labute approximate surface area is 143 Å². The highest BCUT2D eigenvalue weighted by Gasteiger charge is 2.25. The number of hydrazine groups is 1. The maximum absolute atomic E-state index is 9.68. The van der Waals surface area contributed by atoms with Crippen molar-refractivity contribution < 1.29 is 9.84 Å². The van der Waals surface area contributed by atoms with E-state index in [1.807, 2.05) is 43.4 Å². The van der Waals surface area contributed by atoms with E-state index in [0.717, 1.165) is 22.7 Å². The number of allylic oxidation sites excluding steroid dienone is 1. The van der Waals surface area contributed by atoms with Crippen LogP contribution >= 0.6 is 0 Å². The Kier molecular flexibility index (Phi) is 4.28. The minimum Gasteiger partial charge on any atom is -0.494 e. The maximum Gasteiger partial charge on any atom is 0.124 e. The van der Waals surface area contributed by atoms with Crippen LogP contribution in [0.4, 0.5) is 5.69 Å². The maximum atomic E-state index is 9.68. The Balaban J connectivity index is 2.18. The predicted octanol–water partition coefficient (Wildman–Crippen LogP) is 3.30. The molecule has 0 spiro atoms. The Morgan fingerprint density at radius 2 is 1.92 bits per heavy atom. The molecule has 1 aliphatic heterocycles. The average molecular weight is 327 g/mol. The fraction of sp³-hybridized carbons (Fsp3) is 0.368. The number of fused-ring (bicyclic) bond motifs is 1. The highest BCUT2D eigenvalue weighted by Crippen LogP contribution is 2.39. The first-order valence-corrected chi connectivity index (χ1v) is 8.25. The second kappa shape index (κ2) is 6.24. The van der Waals surface area contributed by atoms with Crippen LogP contribution in [0.25, 0.3) is 11.3 Å². The Morgan fingerprint density at radius 3 is 2.54 bits per heavy atom. The van der Waals surface area contributed by atoms with Gasteiger partial charge in [-0.2, -0.15) is 0 Å². The average Bonchev–Trinajstić information content (AvgIpc) is 2.84. The first kappa shape index (κ1) is 16.5. The normalized spacial score (nSPS) is 13.4. The zero-order valence-corrected chi connectivity index (χ0v) is 15.0.